The first-order valence-corrected chi connectivity index (χ1v) is 9.51. The van der Waals surface area contributed by atoms with Gasteiger partial charge in [-0.05, 0) is 25.5 Å². The highest BCUT2D eigenvalue weighted by Crippen LogP contribution is 2.21. The number of anilines is 1. The van der Waals surface area contributed by atoms with Gasteiger partial charge in [-0.1, -0.05) is 48.5 Å². The van der Waals surface area contributed by atoms with E-state index in [-0.39, 0.29) is 12.1 Å². The van der Waals surface area contributed by atoms with E-state index >= 15 is 0 Å². The molecule has 144 valence electrons. The van der Waals surface area contributed by atoms with Crippen molar-refractivity contribution in [3.63, 3.8) is 0 Å². The van der Waals surface area contributed by atoms with E-state index in [1.807, 2.05) is 35.2 Å². The fourth-order valence-corrected chi connectivity index (χ4v) is 3.63. The summed E-state index contributed by atoms with van der Waals surface area (Å²) >= 11 is 0. The smallest absolute Gasteiger partial charge is 0.322 e. The molecule has 1 heterocycles. The Labute approximate surface area is 161 Å². The molecule has 2 amide bonds. The molecular weight excluding hydrogens is 338 g/mol. The molecule has 3 rings (SSSR count). The van der Waals surface area contributed by atoms with Crippen LogP contribution in [0.25, 0.3) is 0 Å². The summed E-state index contributed by atoms with van der Waals surface area (Å²) in [5.74, 6) is 0. The summed E-state index contributed by atoms with van der Waals surface area (Å²) < 4.78 is 5.23. The number of hydrogen-bond donors (Lipinski definition) is 1. The van der Waals surface area contributed by atoms with Crippen molar-refractivity contribution < 1.29 is 9.53 Å². The van der Waals surface area contributed by atoms with E-state index < -0.39 is 0 Å². The maximum absolute atomic E-state index is 12.9. The van der Waals surface area contributed by atoms with Crippen LogP contribution in [0.1, 0.15) is 25.0 Å². The van der Waals surface area contributed by atoms with Crippen LogP contribution in [0, 0.1) is 0 Å². The second-order valence-electron chi connectivity index (χ2n) is 7.29. The Balaban J connectivity index is 1.64. The minimum atomic E-state index is -0.0442. The van der Waals surface area contributed by atoms with E-state index in [2.05, 4.69) is 48.3 Å². The summed E-state index contributed by atoms with van der Waals surface area (Å²) in [6, 6.07) is 18.7. The van der Waals surface area contributed by atoms with E-state index in [0.29, 0.717) is 19.2 Å². The number of piperazine rings is 1. The average molecular weight is 367 g/mol. The highest BCUT2D eigenvalue weighted by molar-refractivity contribution is 5.90. The van der Waals surface area contributed by atoms with Gasteiger partial charge in [0, 0.05) is 50.1 Å². The molecule has 27 heavy (non-hydrogen) atoms. The number of carbonyl (C=O) groups is 1. The van der Waals surface area contributed by atoms with Crippen LogP contribution in [0.15, 0.2) is 54.6 Å². The molecule has 0 saturated carbocycles. The number of hydrogen-bond acceptors (Lipinski definition) is 3. The van der Waals surface area contributed by atoms with Crippen molar-refractivity contribution >= 4 is 11.7 Å². The Kier molecular flexibility index (Phi) is 6.48. The topological polar surface area (TPSA) is 44.8 Å². The molecule has 0 radical (unpaired) electrons. The van der Waals surface area contributed by atoms with Gasteiger partial charge in [0.1, 0.15) is 0 Å². The van der Waals surface area contributed by atoms with E-state index in [1.165, 1.54) is 5.56 Å². The second kappa shape index (κ2) is 9.02. The largest absolute Gasteiger partial charge is 0.380 e. The van der Waals surface area contributed by atoms with Gasteiger partial charge < -0.3 is 15.0 Å². The predicted octanol–water partition coefficient (Wildman–Crippen LogP) is 3.96. The molecule has 0 aliphatic carbocycles. The summed E-state index contributed by atoms with van der Waals surface area (Å²) in [5, 5.41) is 3.07. The predicted molar refractivity (Wildman–Crippen MR) is 109 cm³/mol. The van der Waals surface area contributed by atoms with Crippen molar-refractivity contribution in [2.24, 2.45) is 0 Å². The SMILES string of the molecule is COCc1ccccc1NC(=O)N1CC(C)N(Cc2ccccc2)CC1C. The van der Waals surface area contributed by atoms with E-state index in [1.54, 1.807) is 7.11 Å². The molecular formula is C22H29N3O2. The molecule has 0 bridgehead atoms. The highest BCUT2D eigenvalue weighted by Gasteiger charge is 2.32. The van der Waals surface area contributed by atoms with E-state index in [0.717, 1.165) is 24.3 Å². The van der Waals surface area contributed by atoms with Gasteiger partial charge in [0.25, 0.3) is 0 Å². The third-order valence-electron chi connectivity index (χ3n) is 5.16. The number of methoxy groups -OCH3 is 1. The van der Waals surface area contributed by atoms with Crippen LogP contribution >= 0.6 is 0 Å². The lowest BCUT2D eigenvalue weighted by Gasteiger charge is -2.44. The van der Waals surface area contributed by atoms with Gasteiger partial charge >= 0.3 is 6.03 Å². The van der Waals surface area contributed by atoms with Crippen LogP contribution < -0.4 is 5.32 Å². The third-order valence-corrected chi connectivity index (χ3v) is 5.16. The monoisotopic (exact) mass is 367 g/mol. The minimum Gasteiger partial charge on any atom is -0.380 e. The summed E-state index contributed by atoms with van der Waals surface area (Å²) in [6.45, 7) is 7.28. The zero-order chi connectivity index (χ0) is 19.2. The maximum atomic E-state index is 12.9. The van der Waals surface area contributed by atoms with Crippen LogP contribution in [0.5, 0.6) is 0 Å². The molecule has 1 fully saturated rings. The second-order valence-corrected chi connectivity index (χ2v) is 7.29. The quantitative estimate of drug-likeness (QED) is 0.870. The molecule has 2 aromatic rings. The number of rotatable bonds is 5. The lowest BCUT2D eigenvalue weighted by Crippen LogP contribution is -2.58. The molecule has 5 heteroatoms. The van der Waals surface area contributed by atoms with Crippen LogP contribution in [0.4, 0.5) is 10.5 Å². The fraction of sp³-hybridized carbons (Fsp3) is 0.409. The number of nitrogens with one attached hydrogen (secondary N) is 1. The third kappa shape index (κ3) is 4.87. The van der Waals surface area contributed by atoms with Gasteiger partial charge in [-0.2, -0.15) is 0 Å². The first-order chi connectivity index (χ1) is 13.1. The first kappa shape index (κ1) is 19.4. The number of carbonyl (C=O) groups excluding carboxylic acids is 1. The maximum Gasteiger partial charge on any atom is 0.322 e. The lowest BCUT2D eigenvalue weighted by molar-refractivity contribution is 0.0627. The Morgan fingerprint density at radius 3 is 2.48 bits per heavy atom. The number of benzene rings is 2. The molecule has 0 aromatic heterocycles. The summed E-state index contributed by atoms with van der Waals surface area (Å²) in [6.07, 6.45) is 0. The first-order valence-electron chi connectivity index (χ1n) is 9.51. The van der Waals surface area contributed by atoms with Crippen LogP contribution in [-0.4, -0.2) is 48.1 Å². The van der Waals surface area contributed by atoms with Gasteiger partial charge in [-0.3, -0.25) is 4.90 Å². The number of urea groups is 1. The number of amides is 2. The average Bonchev–Trinajstić information content (AvgIpc) is 2.67. The van der Waals surface area contributed by atoms with Crippen molar-refractivity contribution in [3.05, 3.63) is 65.7 Å². The molecule has 1 saturated heterocycles. The van der Waals surface area contributed by atoms with Crippen molar-refractivity contribution in [2.45, 2.75) is 39.1 Å². The number of nitrogens with zero attached hydrogens (tertiary/aromatic N) is 2. The van der Waals surface area contributed by atoms with Gasteiger partial charge in [0.15, 0.2) is 0 Å². The molecule has 1 N–H and O–H groups in total. The zero-order valence-corrected chi connectivity index (χ0v) is 16.4. The van der Waals surface area contributed by atoms with Crippen LogP contribution in [0.2, 0.25) is 0 Å². The normalized spacial score (nSPS) is 20.5. The Bertz CT molecular complexity index is 750. The zero-order valence-electron chi connectivity index (χ0n) is 16.4. The van der Waals surface area contributed by atoms with E-state index in [9.17, 15) is 4.79 Å². The summed E-state index contributed by atoms with van der Waals surface area (Å²) in [4.78, 5) is 17.3. The van der Waals surface area contributed by atoms with Crippen molar-refractivity contribution in [1.82, 2.24) is 9.80 Å². The van der Waals surface area contributed by atoms with Crippen molar-refractivity contribution in [2.75, 3.05) is 25.5 Å². The standard InChI is InChI=1S/C22H29N3O2/c1-17-14-25(18(2)13-24(17)15-19-9-5-4-6-10-19)22(26)23-21-12-8-7-11-20(21)16-27-3/h4-12,17-18H,13-16H2,1-3H3,(H,23,26). The number of ether oxygens (including phenoxy) is 1. The van der Waals surface area contributed by atoms with Crippen LogP contribution in [0.3, 0.4) is 0 Å². The van der Waals surface area contributed by atoms with Crippen molar-refractivity contribution in [3.8, 4) is 0 Å². The van der Waals surface area contributed by atoms with Crippen LogP contribution in [-0.2, 0) is 17.9 Å². The molecule has 5 nitrogen and oxygen atoms in total. The molecule has 0 spiro atoms. The summed E-state index contributed by atoms with van der Waals surface area (Å²) in [5.41, 5.74) is 3.11. The van der Waals surface area contributed by atoms with Crippen molar-refractivity contribution in [1.29, 1.82) is 0 Å². The number of para-hydroxylation sites is 1. The molecule has 1 aliphatic heterocycles. The Morgan fingerprint density at radius 2 is 1.74 bits per heavy atom. The Hall–Kier alpha value is -2.37. The van der Waals surface area contributed by atoms with Gasteiger partial charge in [0.05, 0.1) is 6.61 Å². The highest BCUT2D eigenvalue weighted by atomic mass is 16.5. The molecule has 2 aromatic carbocycles. The molecule has 2 atom stereocenters. The van der Waals surface area contributed by atoms with Gasteiger partial charge in [-0.15, -0.1) is 0 Å². The molecule has 2 unspecified atom stereocenters. The Morgan fingerprint density at radius 1 is 1.04 bits per heavy atom. The fourth-order valence-electron chi connectivity index (χ4n) is 3.63. The van der Waals surface area contributed by atoms with Gasteiger partial charge in [-0.25, -0.2) is 4.79 Å². The van der Waals surface area contributed by atoms with E-state index in [4.69, 9.17) is 4.74 Å². The molecule has 1 aliphatic rings. The van der Waals surface area contributed by atoms with Gasteiger partial charge in [0.2, 0.25) is 0 Å². The minimum absolute atomic E-state index is 0.0442. The summed E-state index contributed by atoms with van der Waals surface area (Å²) in [7, 11) is 1.66. The lowest BCUT2D eigenvalue weighted by atomic mass is 10.1.